The number of carbonyl (C=O) groups excluding carboxylic acids is 1. The average Bonchev–Trinajstić information content (AvgIpc) is 2.73. The maximum atomic E-state index is 12.7. The maximum Gasteiger partial charge on any atom is 0.315 e. The summed E-state index contributed by atoms with van der Waals surface area (Å²) in [6.45, 7) is 3.37. The number of urea groups is 1. The van der Waals surface area contributed by atoms with E-state index in [4.69, 9.17) is 0 Å². The molecule has 2 amide bonds. The van der Waals surface area contributed by atoms with Gasteiger partial charge in [0.15, 0.2) is 0 Å². The fraction of sp³-hybridized carbons (Fsp3) is 0.409. The Balaban J connectivity index is 1.39. The summed E-state index contributed by atoms with van der Waals surface area (Å²) in [4.78, 5) is 12.4. The summed E-state index contributed by atoms with van der Waals surface area (Å²) in [5.74, 6) is 0. The quantitative estimate of drug-likeness (QED) is 0.682. The van der Waals surface area contributed by atoms with Gasteiger partial charge in [0.25, 0.3) is 0 Å². The smallest absolute Gasteiger partial charge is 0.315 e. The Labute approximate surface area is 173 Å². The third kappa shape index (κ3) is 6.05. The Morgan fingerprint density at radius 3 is 2.34 bits per heavy atom. The van der Waals surface area contributed by atoms with Gasteiger partial charge in [-0.05, 0) is 50.3 Å². The highest BCUT2D eigenvalue weighted by Gasteiger charge is 2.29. The summed E-state index contributed by atoms with van der Waals surface area (Å²) in [6, 6.07) is 16.9. The van der Waals surface area contributed by atoms with Crippen LogP contribution in [0.5, 0.6) is 0 Å². The second kappa shape index (κ2) is 9.89. The van der Waals surface area contributed by atoms with E-state index in [-0.39, 0.29) is 12.1 Å². The van der Waals surface area contributed by atoms with Gasteiger partial charge in [-0.2, -0.15) is 4.31 Å². The number of rotatable bonds is 7. The first-order chi connectivity index (χ1) is 13.9. The Bertz CT molecular complexity index is 891. The van der Waals surface area contributed by atoms with Crippen LogP contribution in [-0.4, -0.2) is 44.4 Å². The minimum atomic E-state index is -3.47. The van der Waals surface area contributed by atoms with Gasteiger partial charge in [-0.3, -0.25) is 0 Å². The second-order valence-corrected chi connectivity index (χ2v) is 9.42. The Morgan fingerprint density at radius 2 is 1.69 bits per heavy atom. The molecular formula is C22H29N3O3S. The molecule has 2 aromatic rings. The van der Waals surface area contributed by atoms with Crippen LogP contribution in [0.15, 0.2) is 59.5 Å². The van der Waals surface area contributed by atoms with E-state index in [0.29, 0.717) is 37.4 Å². The van der Waals surface area contributed by atoms with Gasteiger partial charge in [-0.15, -0.1) is 0 Å². The number of amides is 2. The van der Waals surface area contributed by atoms with Crippen molar-refractivity contribution >= 4 is 16.1 Å². The van der Waals surface area contributed by atoms with Crippen molar-refractivity contribution in [1.82, 2.24) is 14.9 Å². The number of nitrogens with zero attached hydrogens (tertiary/aromatic N) is 1. The molecule has 156 valence electrons. The van der Waals surface area contributed by atoms with Crippen LogP contribution in [0.3, 0.4) is 0 Å². The number of benzene rings is 2. The summed E-state index contributed by atoms with van der Waals surface area (Å²) >= 11 is 0. The lowest BCUT2D eigenvalue weighted by Gasteiger charge is -2.31. The molecule has 0 aromatic heterocycles. The van der Waals surface area contributed by atoms with Crippen molar-refractivity contribution in [1.29, 1.82) is 0 Å². The topological polar surface area (TPSA) is 78.5 Å². The van der Waals surface area contributed by atoms with E-state index in [1.54, 1.807) is 12.1 Å². The Hall–Kier alpha value is -2.38. The molecule has 0 radical (unpaired) electrons. The highest BCUT2D eigenvalue weighted by Crippen LogP contribution is 2.21. The molecule has 1 saturated heterocycles. The molecule has 2 aromatic carbocycles. The fourth-order valence-corrected chi connectivity index (χ4v) is 4.95. The van der Waals surface area contributed by atoms with Gasteiger partial charge in [-0.1, -0.05) is 48.0 Å². The average molecular weight is 416 g/mol. The van der Waals surface area contributed by atoms with E-state index < -0.39 is 10.0 Å². The molecule has 2 N–H and O–H groups in total. The highest BCUT2D eigenvalue weighted by molar-refractivity contribution is 7.89. The third-order valence-electron chi connectivity index (χ3n) is 5.22. The van der Waals surface area contributed by atoms with E-state index >= 15 is 0 Å². The predicted octanol–water partition coefficient (Wildman–Crippen LogP) is 3.08. The van der Waals surface area contributed by atoms with Gasteiger partial charge in [0.05, 0.1) is 4.90 Å². The number of hydrogen-bond donors (Lipinski definition) is 2. The molecule has 0 aliphatic carbocycles. The molecule has 0 unspecified atom stereocenters. The zero-order valence-electron chi connectivity index (χ0n) is 16.8. The summed E-state index contributed by atoms with van der Waals surface area (Å²) in [5, 5.41) is 5.86. The molecule has 1 fully saturated rings. The molecule has 0 bridgehead atoms. The lowest BCUT2D eigenvalue weighted by molar-refractivity contribution is 0.227. The summed E-state index contributed by atoms with van der Waals surface area (Å²) in [7, 11) is -3.47. The number of sulfonamides is 1. The predicted molar refractivity (Wildman–Crippen MR) is 114 cm³/mol. The maximum absolute atomic E-state index is 12.7. The van der Waals surface area contributed by atoms with Crippen molar-refractivity contribution in [3.63, 3.8) is 0 Å². The normalized spacial score (nSPS) is 15.8. The summed E-state index contributed by atoms with van der Waals surface area (Å²) in [5.41, 5.74) is 2.29. The highest BCUT2D eigenvalue weighted by atomic mass is 32.2. The summed E-state index contributed by atoms with van der Waals surface area (Å²) in [6.07, 6.45) is 3.03. The van der Waals surface area contributed by atoms with Crippen LogP contribution in [0.4, 0.5) is 4.79 Å². The standard InChI is InChI=1S/C22H29N3O3S/c1-18-9-11-21(12-10-18)29(27,28)25-16-13-20(14-17-25)24-22(26)23-15-5-8-19-6-3-2-4-7-19/h2-4,6-7,9-12,20H,5,8,13-17H2,1H3,(H2,23,24,26). The van der Waals surface area contributed by atoms with Crippen molar-refractivity contribution in [2.75, 3.05) is 19.6 Å². The van der Waals surface area contributed by atoms with Crippen molar-refractivity contribution < 1.29 is 13.2 Å². The molecule has 0 atom stereocenters. The minimum absolute atomic E-state index is 0.00593. The van der Waals surface area contributed by atoms with E-state index in [2.05, 4.69) is 22.8 Å². The van der Waals surface area contributed by atoms with Gasteiger partial charge in [0.2, 0.25) is 10.0 Å². The van der Waals surface area contributed by atoms with Crippen LogP contribution in [0.1, 0.15) is 30.4 Å². The number of hydrogen-bond acceptors (Lipinski definition) is 3. The number of carbonyl (C=O) groups is 1. The van der Waals surface area contributed by atoms with Crippen LogP contribution in [0.2, 0.25) is 0 Å². The second-order valence-electron chi connectivity index (χ2n) is 7.48. The lowest BCUT2D eigenvalue weighted by Crippen LogP contribution is -2.49. The number of piperidine rings is 1. The van der Waals surface area contributed by atoms with Crippen molar-refractivity contribution in [3.05, 3.63) is 65.7 Å². The fourth-order valence-electron chi connectivity index (χ4n) is 3.48. The zero-order valence-corrected chi connectivity index (χ0v) is 17.6. The minimum Gasteiger partial charge on any atom is -0.338 e. The first-order valence-corrected chi connectivity index (χ1v) is 11.5. The van der Waals surface area contributed by atoms with Gasteiger partial charge >= 0.3 is 6.03 Å². The van der Waals surface area contributed by atoms with Crippen LogP contribution in [0, 0.1) is 6.92 Å². The van der Waals surface area contributed by atoms with E-state index in [1.165, 1.54) is 9.87 Å². The summed E-state index contributed by atoms with van der Waals surface area (Å²) < 4.78 is 27.0. The Kier molecular flexibility index (Phi) is 7.28. The van der Waals surface area contributed by atoms with Gasteiger partial charge in [0.1, 0.15) is 0 Å². The molecule has 6 nitrogen and oxygen atoms in total. The van der Waals surface area contributed by atoms with Crippen molar-refractivity contribution in [2.24, 2.45) is 0 Å². The number of aryl methyl sites for hydroxylation is 2. The molecule has 1 aliphatic heterocycles. The molecule has 29 heavy (non-hydrogen) atoms. The zero-order chi connectivity index (χ0) is 20.7. The molecular weight excluding hydrogens is 386 g/mol. The van der Waals surface area contributed by atoms with E-state index in [1.807, 2.05) is 37.3 Å². The van der Waals surface area contributed by atoms with Gasteiger partial charge in [0, 0.05) is 25.7 Å². The van der Waals surface area contributed by atoms with Crippen LogP contribution in [-0.2, 0) is 16.4 Å². The van der Waals surface area contributed by atoms with Crippen LogP contribution >= 0.6 is 0 Å². The molecule has 3 rings (SSSR count). The SMILES string of the molecule is Cc1ccc(S(=O)(=O)N2CCC(NC(=O)NCCCc3ccccc3)CC2)cc1. The largest absolute Gasteiger partial charge is 0.338 e. The third-order valence-corrected chi connectivity index (χ3v) is 7.13. The first kappa shape index (κ1) is 21.3. The first-order valence-electron chi connectivity index (χ1n) is 10.1. The van der Waals surface area contributed by atoms with Crippen LogP contribution in [0.25, 0.3) is 0 Å². The molecule has 1 heterocycles. The monoisotopic (exact) mass is 415 g/mol. The molecule has 1 aliphatic rings. The Morgan fingerprint density at radius 1 is 1.03 bits per heavy atom. The van der Waals surface area contributed by atoms with Crippen LogP contribution < -0.4 is 10.6 Å². The molecule has 0 spiro atoms. The van der Waals surface area contributed by atoms with E-state index in [0.717, 1.165) is 18.4 Å². The number of nitrogens with one attached hydrogen (secondary N) is 2. The van der Waals surface area contributed by atoms with Gasteiger partial charge in [-0.25, -0.2) is 13.2 Å². The lowest BCUT2D eigenvalue weighted by atomic mass is 10.1. The van der Waals surface area contributed by atoms with E-state index in [9.17, 15) is 13.2 Å². The molecule has 0 saturated carbocycles. The van der Waals surface area contributed by atoms with Crippen molar-refractivity contribution in [2.45, 2.75) is 43.5 Å². The molecule has 7 heteroatoms. The van der Waals surface area contributed by atoms with Crippen molar-refractivity contribution in [3.8, 4) is 0 Å². The van der Waals surface area contributed by atoms with Gasteiger partial charge < -0.3 is 10.6 Å².